The maximum absolute atomic E-state index is 11.6. The van der Waals surface area contributed by atoms with E-state index in [0.717, 1.165) is 24.4 Å². The minimum absolute atomic E-state index is 0.385. The van der Waals surface area contributed by atoms with Crippen molar-refractivity contribution in [3.05, 3.63) is 24.3 Å². The molecule has 1 N–H and O–H groups in total. The number of sulfone groups is 1. The van der Waals surface area contributed by atoms with Gasteiger partial charge in [-0.25, -0.2) is 8.42 Å². The Hall–Kier alpha value is -1.03. The van der Waals surface area contributed by atoms with Gasteiger partial charge < -0.3 is 5.32 Å². The van der Waals surface area contributed by atoms with Crippen LogP contribution in [-0.2, 0) is 9.84 Å². The predicted octanol–water partition coefficient (Wildman–Crippen LogP) is 4.11. The molecule has 1 aliphatic carbocycles. The molecule has 1 aromatic rings. The van der Waals surface area contributed by atoms with Gasteiger partial charge in [0.25, 0.3) is 0 Å². The molecule has 0 aromatic heterocycles. The van der Waals surface area contributed by atoms with Gasteiger partial charge >= 0.3 is 0 Å². The summed E-state index contributed by atoms with van der Waals surface area (Å²) in [7, 11) is -3.13. The number of nitrogens with one attached hydrogen (secondary N) is 1. The van der Waals surface area contributed by atoms with Crippen LogP contribution in [0.2, 0.25) is 0 Å². The summed E-state index contributed by atoms with van der Waals surface area (Å²) in [5.41, 5.74) is 1.30. The van der Waals surface area contributed by atoms with Crippen LogP contribution in [0.5, 0.6) is 0 Å². The molecule has 0 spiro atoms. The second-order valence-electron chi connectivity index (χ2n) is 7.36. The molecule has 0 saturated heterocycles. The highest BCUT2D eigenvalue weighted by atomic mass is 32.2. The summed E-state index contributed by atoms with van der Waals surface area (Å²) in [4.78, 5) is 0.385. The fourth-order valence-corrected chi connectivity index (χ4v) is 3.82. The van der Waals surface area contributed by atoms with Crippen LogP contribution in [0.25, 0.3) is 0 Å². The van der Waals surface area contributed by atoms with E-state index in [1.165, 1.54) is 19.1 Å². The number of rotatable bonds is 3. The van der Waals surface area contributed by atoms with Gasteiger partial charge in [0, 0.05) is 18.0 Å². The van der Waals surface area contributed by atoms with Crippen molar-refractivity contribution in [2.24, 2.45) is 11.3 Å². The second-order valence-corrected chi connectivity index (χ2v) is 9.37. The molecule has 0 bridgehead atoms. The van der Waals surface area contributed by atoms with Crippen LogP contribution in [0.15, 0.2) is 29.2 Å². The van der Waals surface area contributed by atoms with E-state index in [0.29, 0.717) is 16.4 Å². The molecule has 0 unspecified atom stereocenters. The van der Waals surface area contributed by atoms with Crippen molar-refractivity contribution >= 4 is 15.5 Å². The number of benzene rings is 1. The Morgan fingerprint density at radius 3 is 2.24 bits per heavy atom. The average Bonchev–Trinajstić information content (AvgIpc) is 2.37. The normalized spacial score (nSPS) is 23.8. The molecule has 2 rings (SSSR count). The van der Waals surface area contributed by atoms with Crippen LogP contribution >= 0.6 is 0 Å². The minimum atomic E-state index is -3.13. The van der Waals surface area contributed by atoms with Crippen molar-refractivity contribution in [2.45, 2.75) is 57.4 Å². The fourth-order valence-electron chi connectivity index (χ4n) is 3.16. The quantitative estimate of drug-likeness (QED) is 0.914. The summed E-state index contributed by atoms with van der Waals surface area (Å²) in [6.07, 6.45) is 6.05. The van der Waals surface area contributed by atoms with Gasteiger partial charge in [0.2, 0.25) is 0 Å². The first-order valence-electron chi connectivity index (χ1n) is 7.73. The molecule has 0 heterocycles. The van der Waals surface area contributed by atoms with Crippen molar-refractivity contribution < 1.29 is 8.42 Å². The van der Waals surface area contributed by atoms with Gasteiger partial charge in [0.1, 0.15) is 0 Å². The van der Waals surface area contributed by atoms with E-state index in [1.807, 2.05) is 6.07 Å². The fraction of sp³-hybridized carbons (Fsp3) is 0.647. The topological polar surface area (TPSA) is 46.2 Å². The lowest BCUT2D eigenvalue weighted by molar-refractivity contribution is 0.173. The van der Waals surface area contributed by atoms with Crippen molar-refractivity contribution in [2.75, 3.05) is 11.6 Å². The van der Waals surface area contributed by atoms with Crippen LogP contribution < -0.4 is 5.32 Å². The number of hydrogen-bond donors (Lipinski definition) is 1. The first-order chi connectivity index (χ1) is 9.66. The largest absolute Gasteiger partial charge is 0.382 e. The van der Waals surface area contributed by atoms with Crippen LogP contribution in [0, 0.1) is 11.3 Å². The predicted molar refractivity (Wildman–Crippen MR) is 88.4 cm³/mol. The molecule has 21 heavy (non-hydrogen) atoms. The van der Waals surface area contributed by atoms with Gasteiger partial charge in [-0.3, -0.25) is 0 Å². The molecule has 0 amide bonds. The third kappa shape index (κ3) is 4.47. The van der Waals surface area contributed by atoms with Crippen LogP contribution in [0.4, 0.5) is 5.69 Å². The van der Waals surface area contributed by atoms with Crippen molar-refractivity contribution in [3.8, 4) is 0 Å². The molecule has 118 valence electrons. The van der Waals surface area contributed by atoms with Gasteiger partial charge in [-0.15, -0.1) is 0 Å². The molecule has 0 atom stereocenters. The van der Waals surface area contributed by atoms with Crippen molar-refractivity contribution in [3.63, 3.8) is 0 Å². The second kappa shape index (κ2) is 5.99. The molecule has 1 saturated carbocycles. The average molecular weight is 309 g/mol. The Morgan fingerprint density at radius 2 is 1.71 bits per heavy atom. The molecule has 1 fully saturated rings. The first-order valence-corrected chi connectivity index (χ1v) is 9.62. The SMILES string of the molecule is CC(C)(C)C1CCC(Nc2cccc(S(C)(=O)=O)c2)CC1. The monoisotopic (exact) mass is 309 g/mol. The lowest BCUT2D eigenvalue weighted by atomic mass is 9.71. The zero-order chi connectivity index (χ0) is 15.7. The summed E-state index contributed by atoms with van der Waals surface area (Å²) in [5.74, 6) is 0.790. The summed E-state index contributed by atoms with van der Waals surface area (Å²) < 4.78 is 23.2. The summed E-state index contributed by atoms with van der Waals surface area (Å²) >= 11 is 0. The lowest BCUT2D eigenvalue weighted by Crippen LogP contribution is -2.31. The first kappa shape index (κ1) is 16.3. The highest BCUT2D eigenvalue weighted by Crippen LogP contribution is 2.38. The van der Waals surface area contributed by atoms with E-state index in [4.69, 9.17) is 0 Å². The number of anilines is 1. The van der Waals surface area contributed by atoms with Gasteiger partial charge in [-0.05, 0) is 55.2 Å². The smallest absolute Gasteiger partial charge is 0.175 e. The van der Waals surface area contributed by atoms with E-state index < -0.39 is 9.84 Å². The van der Waals surface area contributed by atoms with E-state index in [-0.39, 0.29) is 0 Å². The molecule has 0 radical (unpaired) electrons. The third-order valence-corrected chi connectivity index (χ3v) is 5.70. The maximum atomic E-state index is 11.6. The molecule has 1 aliphatic rings. The molecule has 1 aromatic carbocycles. The van der Waals surface area contributed by atoms with Crippen molar-refractivity contribution in [1.29, 1.82) is 0 Å². The van der Waals surface area contributed by atoms with E-state index in [1.54, 1.807) is 18.2 Å². The number of hydrogen-bond acceptors (Lipinski definition) is 3. The molecular weight excluding hydrogens is 282 g/mol. The van der Waals surface area contributed by atoms with Gasteiger partial charge in [0.15, 0.2) is 9.84 Å². The molecule has 3 nitrogen and oxygen atoms in total. The summed E-state index contributed by atoms with van der Waals surface area (Å²) in [6, 6.07) is 7.60. The highest BCUT2D eigenvalue weighted by molar-refractivity contribution is 7.90. The lowest BCUT2D eigenvalue weighted by Gasteiger charge is -2.37. The Bertz CT molecular complexity index is 579. The Morgan fingerprint density at radius 1 is 1.10 bits per heavy atom. The Balaban J connectivity index is 1.98. The zero-order valence-electron chi connectivity index (χ0n) is 13.5. The summed E-state index contributed by atoms with van der Waals surface area (Å²) in [5, 5.41) is 3.50. The highest BCUT2D eigenvalue weighted by Gasteiger charge is 2.29. The van der Waals surface area contributed by atoms with Crippen LogP contribution in [-0.4, -0.2) is 20.7 Å². The molecule has 0 aliphatic heterocycles. The van der Waals surface area contributed by atoms with Gasteiger partial charge in [-0.2, -0.15) is 0 Å². The third-order valence-electron chi connectivity index (χ3n) is 4.58. The zero-order valence-corrected chi connectivity index (χ0v) is 14.3. The standard InChI is InChI=1S/C17H27NO2S/c1-17(2,3)13-8-10-14(11-9-13)18-15-6-5-7-16(12-15)21(4,19)20/h5-7,12-14,18H,8-11H2,1-4H3. The van der Waals surface area contributed by atoms with E-state index in [9.17, 15) is 8.42 Å². The van der Waals surface area contributed by atoms with E-state index >= 15 is 0 Å². The van der Waals surface area contributed by atoms with Crippen LogP contribution in [0.3, 0.4) is 0 Å². The van der Waals surface area contributed by atoms with E-state index in [2.05, 4.69) is 26.1 Å². The Kier molecular flexibility index (Phi) is 4.66. The Labute approximate surface area is 129 Å². The minimum Gasteiger partial charge on any atom is -0.382 e. The maximum Gasteiger partial charge on any atom is 0.175 e. The molecule has 4 heteroatoms. The molecular formula is C17H27NO2S. The van der Waals surface area contributed by atoms with Crippen LogP contribution in [0.1, 0.15) is 46.5 Å². The van der Waals surface area contributed by atoms with Gasteiger partial charge in [-0.1, -0.05) is 26.8 Å². The summed E-state index contributed by atoms with van der Waals surface area (Å²) in [6.45, 7) is 6.96. The van der Waals surface area contributed by atoms with Crippen molar-refractivity contribution in [1.82, 2.24) is 0 Å². The van der Waals surface area contributed by atoms with Gasteiger partial charge in [0.05, 0.1) is 4.90 Å².